The molecule has 0 unspecified atom stereocenters. The first-order chi connectivity index (χ1) is 5.33. The number of amides is 1. The highest BCUT2D eigenvalue weighted by molar-refractivity contribution is 14.1. The molecule has 58 valence electrons. The van der Waals surface area contributed by atoms with Gasteiger partial charge in [-0.15, -0.1) is 0 Å². The minimum atomic E-state index is -0.461. The fourth-order valence-corrected chi connectivity index (χ4v) is 0.725. The van der Waals surface area contributed by atoms with E-state index in [1.165, 1.54) is 0 Å². The van der Waals surface area contributed by atoms with Crippen LogP contribution in [0, 0.1) is 0 Å². The van der Waals surface area contributed by atoms with Gasteiger partial charge in [-0.1, -0.05) is 18.2 Å². The van der Waals surface area contributed by atoms with Crippen LogP contribution in [0.3, 0.4) is 0 Å². The molecule has 1 aromatic carbocycles. The molecule has 0 atom stereocenters. The van der Waals surface area contributed by atoms with Crippen molar-refractivity contribution >= 4 is 29.0 Å². The van der Waals surface area contributed by atoms with E-state index in [2.05, 4.69) is 3.53 Å². The molecule has 0 aliphatic rings. The molecule has 0 aliphatic heterocycles. The van der Waals surface area contributed by atoms with E-state index in [0.29, 0.717) is 5.75 Å². The Kier molecular flexibility index (Phi) is 3.15. The molecule has 0 heterocycles. The van der Waals surface area contributed by atoms with Crippen molar-refractivity contribution in [3.8, 4) is 5.75 Å². The van der Waals surface area contributed by atoms with E-state index >= 15 is 0 Å². The average molecular weight is 263 g/mol. The monoisotopic (exact) mass is 263 g/mol. The van der Waals surface area contributed by atoms with Crippen molar-refractivity contribution in [1.82, 2.24) is 3.53 Å². The number of benzene rings is 1. The SMILES string of the molecule is O=C(NI)Oc1ccccc1. The molecule has 4 heteroatoms. The van der Waals surface area contributed by atoms with Crippen LogP contribution in [0.1, 0.15) is 0 Å². The molecule has 3 nitrogen and oxygen atoms in total. The maximum atomic E-state index is 10.6. The number of halogens is 1. The third kappa shape index (κ3) is 2.75. The largest absolute Gasteiger partial charge is 0.421 e. The minimum absolute atomic E-state index is 0.461. The predicted molar refractivity (Wildman–Crippen MR) is 49.6 cm³/mol. The van der Waals surface area contributed by atoms with E-state index in [0.717, 1.165) is 0 Å². The Hall–Kier alpha value is -0.780. The summed E-state index contributed by atoms with van der Waals surface area (Å²) in [5.41, 5.74) is 0. The van der Waals surface area contributed by atoms with E-state index in [9.17, 15) is 4.79 Å². The number of rotatable bonds is 1. The predicted octanol–water partition coefficient (Wildman–Crippen LogP) is 2.12. The summed E-state index contributed by atoms with van der Waals surface area (Å²) in [5, 5.41) is 0. The standard InChI is InChI=1S/C7H6INO2/c8-9-7(10)11-6-4-2-1-3-5-6/h1-5H,(H,9,10). The van der Waals surface area contributed by atoms with Crippen LogP contribution < -0.4 is 8.27 Å². The number of para-hydroxylation sites is 1. The summed E-state index contributed by atoms with van der Waals surface area (Å²) >= 11 is 1.72. The first-order valence-corrected chi connectivity index (χ1v) is 4.04. The first kappa shape index (κ1) is 8.32. The van der Waals surface area contributed by atoms with Crippen LogP contribution in [-0.4, -0.2) is 6.09 Å². The van der Waals surface area contributed by atoms with E-state index in [-0.39, 0.29) is 0 Å². The zero-order valence-corrected chi connectivity index (χ0v) is 7.74. The van der Waals surface area contributed by atoms with Gasteiger partial charge in [0.2, 0.25) is 0 Å². The third-order valence-electron chi connectivity index (χ3n) is 1.03. The molecule has 1 rings (SSSR count). The Morgan fingerprint density at radius 2 is 2.00 bits per heavy atom. The second kappa shape index (κ2) is 4.17. The van der Waals surface area contributed by atoms with Crippen molar-refractivity contribution in [2.75, 3.05) is 0 Å². The Morgan fingerprint density at radius 3 is 2.55 bits per heavy atom. The van der Waals surface area contributed by atoms with Gasteiger partial charge in [-0.25, -0.2) is 4.79 Å². The number of nitrogens with one attached hydrogen (secondary N) is 1. The van der Waals surface area contributed by atoms with Gasteiger partial charge in [0.1, 0.15) is 5.75 Å². The Labute approximate surface area is 78.2 Å². The van der Waals surface area contributed by atoms with Crippen molar-refractivity contribution < 1.29 is 9.53 Å². The van der Waals surface area contributed by atoms with Gasteiger partial charge in [0.05, 0.1) is 22.9 Å². The highest BCUT2D eigenvalue weighted by atomic mass is 127. The maximum absolute atomic E-state index is 10.6. The van der Waals surface area contributed by atoms with Gasteiger partial charge in [-0.05, 0) is 12.1 Å². The summed E-state index contributed by atoms with van der Waals surface area (Å²) in [6, 6.07) is 8.89. The van der Waals surface area contributed by atoms with Crippen LogP contribution in [0.2, 0.25) is 0 Å². The number of carbonyl (C=O) groups is 1. The van der Waals surface area contributed by atoms with Crippen LogP contribution in [0.25, 0.3) is 0 Å². The summed E-state index contributed by atoms with van der Waals surface area (Å²) in [7, 11) is 0. The summed E-state index contributed by atoms with van der Waals surface area (Å²) in [6.45, 7) is 0. The van der Waals surface area contributed by atoms with E-state index in [1.807, 2.05) is 6.07 Å². The molecule has 1 N–H and O–H groups in total. The number of carbonyl (C=O) groups excluding carboxylic acids is 1. The smallest absolute Gasteiger partial charge is 0.410 e. The number of hydrogen-bond acceptors (Lipinski definition) is 2. The highest BCUT2D eigenvalue weighted by Crippen LogP contribution is 2.07. The quantitative estimate of drug-likeness (QED) is 0.622. The topological polar surface area (TPSA) is 38.3 Å². The fourth-order valence-electron chi connectivity index (χ4n) is 0.615. The molecule has 0 aliphatic carbocycles. The molecule has 11 heavy (non-hydrogen) atoms. The zero-order valence-electron chi connectivity index (χ0n) is 5.58. The van der Waals surface area contributed by atoms with Crippen molar-refractivity contribution in [2.45, 2.75) is 0 Å². The molecule has 0 fully saturated rings. The molecule has 1 aromatic rings. The Morgan fingerprint density at radius 1 is 1.36 bits per heavy atom. The second-order valence-corrected chi connectivity index (χ2v) is 2.34. The van der Waals surface area contributed by atoms with Crippen LogP contribution >= 0.6 is 22.9 Å². The van der Waals surface area contributed by atoms with Gasteiger partial charge in [-0.2, -0.15) is 0 Å². The van der Waals surface area contributed by atoms with Gasteiger partial charge >= 0.3 is 6.09 Å². The van der Waals surface area contributed by atoms with Crippen LogP contribution in [0.5, 0.6) is 5.75 Å². The molecule has 0 saturated carbocycles. The van der Waals surface area contributed by atoms with Crippen molar-refractivity contribution in [3.05, 3.63) is 30.3 Å². The van der Waals surface area contributed by atoms with Gasteiger partial charge < -0.3 is 4.74 Å². The highest BCUT2D eigenvalue weighted by Gasteiger charge is 1.98. The van der Waals surface area contributed by atoms with Crippen molar-refractivity contribution in [3.63, 3.8) is 0 Å². The van der Waals surface area contributed by atoms with Crippen molar-refractivity contribution in [2.24, 2.45) is 0 Å². The number of ether oxygens (including phenoxy) is 1. The normalized spacial score (nSPS) is 8.82. The fraction of sp³-hybridized carbons (Fsp3) is 0. The lowest BCUT2D eigenvalue weighted by atomic mass is 10.3. The summed E-state index contributed by atoms with van der Waals surface area (Å²) in [4.78, 5) is 10.6. The van der Waals surface area contributed by atoms with Crippen molar-refractivity contribution in [1.29, 1.82) is 0 Å². The molecular formula is C7H6INO2. The lowest BCUT2D eigenvalue weighted by Crippen LogP contribution is -2.16. The van der Waals surface area contributed by atoms with Crippen LogP contribution in [-0.2, 0) is 0 Å². The second-order valence-electron chi connectivity index (χ2n) is 1.80. The minimum Gasteiger partial charge on any atom is -0.410 e. The van der Waals surface area contributed by atoms with Gasteiger partial charge in [0, 0.05) is 0 Å². The average Bonchev–Trinajstić information content (AvgIpc) is 2.06. The molecule has 0 spiro atoms. The molecular weight excluding hydrogens is 257 g/mol. The van der Waals surface area contributed by atoms with Crippen LogP contribution in [0.4, 0.5) is 4.79 Å². The lowest BCUT2D eigenvalue weighted by Gasteiger charge is -1.99. The third-order valence-corrected chi connectivity index (χ3v) is 1.47. The summed E-state index contributed by atoms with van der Waals surface area (Å²) in [6.07, 6.45) is -0.461. The molecule has 0 radical (unpaired) electrons. The van der Waals surface area contributed by atoms with E-state index in [1.54, 1.807) is 47.1 Å². The zero-order chi connectivity index (χ0) is 8.10. The maximum Gasteiger partial charge on any atom is 0.421 e. The van der Waals surface area contributed by atoms with Gasteiger partial charge in [0.15, 0.2) is 0 Å². The van der Waals surface area contributed by atoms with Gasteiger partial charge in [0.25, 0.3) is 0 Å². The lowest BCUT2D eigenvalue weighted by molar-refractivity contribution is 0.208. The Balaban J connectivity index is 2.58. The Bertz CT molecular complexity index is 237. The first-order valence-electron chi connectivity index (χ1n) is 2.96. The molecule has 0 bridgehead atoms. The van der Waals surface area contributed by atoms with Crippen LogP contribution in [0.15, 0.2) is 30.3 Å². The molecule has 0 aromatic heterocycles. The van der Waals surface area contributed by atoms with E-state index in [4.69, 9.17) is 4.74 Å². The number of hydrogen-bond donors (Lipinski definition) is 1. The molecule has 1 amide bonds. The molecule has 0 saturated heterocycles. The summed E-state index contributed by atoms with van der Waals surface area (Å²) in [5.74, 6) is 0.543. The van der Waals surface area contributed by atoms with E-state index < -0.39 is 6.09 Å². The summed E-state index contributed by atoms with van der Waals surface area (Å²) < 4.78 is 7.13. The van der Waals surface area contributed by atoms with Gasteiger partial charge in [-0.3, -0.25) is 3.53 Å².